The van der Waals surface area contributed by atoms with Crippen LogP contribution < -0.4 is 0 Å². The molecule has 25 heavy (non-hydrogen) atoms. The maximum Gasteiger partial charge on any atom is 0.292 e. The van der Waals surface area contributed by atoms with E-state index < -0.39 is 0 Å². The van der Waals surface area contributed by atoms with E-state index in [1.165, 1.54) is 11.5 Å². The van der Waals surface area contributed by atoms with Crippen LogP contribution in [0.4, 0.5) is 0 Å². The Morgan fingerprint density at radius 2 is 1.88 bits per heavy atom. The second-order valence-electron chi connectivity index (χ2n) is 6.22. The first-order chi connectivity index (χ1) is 12.1. The lowest BCUT2D eigenvalue weighted by atomic mass is 9.92. The summed E-state index contributed by atoms with van der Waals surface area (Å²) in [5, 5.41) is 12.0. The van der Waals surface area contributed by atoms with Crippen LogP contribution in [-0.2, 0) is 0 Å². The van der Waals surface area contributed by atoms with E-state index in [-0.39, 0.29) is 11.8 Å². The molecule has 3 aromatic heterocycles. The van der Waals surface area contributed by atoms with Crippen molar-refractivity contribution in [3.63, 3.8) is 0 Å². The van der Waals surface area contributed by atoms with Crippen molar-refractivity contribution >= 4 is 17.4 Å². The maximum atomic E-state index is 12.4. The lowest BCUT2D eigenvalue weighted by Gasteiger charge is -2.30. The molecule has 9 heteroatoms. The predicted octanol–water partition coefficient (Wildman–Crippen LogP) is 2.82. The van der Waals surface area contributed by atoms with Gasteiger partial charge in [0, 0.05) is 31.1 Å². The van der Waals surface area contributed by atoms with E-state index in [1.807, 2.05) is 13.0 Å². The van der Waals surface area contributed by atoms with Gasteiger partial charge in [-0.2, -0.15) is 0 Å². The van der Waals surface area contributed by atoms with Crippen LogP contribution >= 0.6 is 11.5 Å². The number of aromatic nitrogens is 4. The zero-order valence-corrected chi connectivity index (χ0v) is 14.7. The molecule has 3 aromatic rings. The summed E-state index contributed by atoms with van der Waals surface area (Å²) in [7, 11) is 0. The molecular formula is C16H17N5O3S. The first-order valence-electron chi connectivity index (χ1n) is 8.10. The Bertz CT molecular complexity index is 891. The molecule has 0 aliphatic carbocycles. The number of hydrogen-bond donors (Lipinski definition) is 0. The van der Waals surface area contributed by atoms with E-state index in [1.54, 1.807) is 17.9 Å². The highest BCUT2D eigenvalue weighted by Crippen LogP contribution is 2.36. The Morgan fingerprint density at radius 3 is 2.52 bits per heavy atom. The van der Waals surface area contributed by atoms with E-state index in [4.69, 9.17) is 9.05 Å². The van der Waals surface area contributed by atoms with Crippen LogP contribution in [0.1, 0.15) is 46.4 Å². The van der Waals surface area contributed by atoms with Gasteiger partial charge in [0.15, 0.2) is 5.76 Å². The summed E-state index contributed by atoms with van der Waals surface area (Å²) in [4.78, 5) is 15.2. The number of piperidine rings is 1. The van der Waals surface area contributed by atoms with Gasteiger partial charge in [0.1, 0.15) is 4.88 Å². The van der Waals surface area contributed by atoms with Gasteiger partial charge in [-0.3, -0.25) is 4.79 Å². The van der Waals surface area contributed by atoms with Gasteiger partial charge in [0.05, 0.1) is 17.1 Å². The third kappa shape index (κ3) is 3.07. The lowest BCUT2D eigenvalue weighted by Crippen LogP contribution is -2.37. The Labute approximate surface area is 148 Å². The van der Waals surface area contributed by atoms with E-state index in [0.717, 1.165) is 29.1 Å². The van der Waals surface area contributed by atoms with Gasteiger partial charge in [-0.15, -0.1) is 5.10 Å². The van der Waals surface area contributed by atoms with Crippen LogP contribution in [0.2, 0.25) is 0 Å². The Morgan fingerprint density at radius 1 is 1.16 bits per heavy atom. The molecule has 0 spiro atoms. The van der Waals surface area contributed by atoms with Crippen LogP contribution in [0.15, 0.2) is 21.2 Å². The van der Waals surface area contributed by atoms with Gasteiger partial charge < -0.3 is 13.9 Å². The molecule has 0 aromatic carbocycles. The second-order valence-corrected chi connectivity index (χ2v) is 6.97. The molecule has 0 unspecified atom stereocenters. The van der Waals surface area contributed by atoms with E-state index in [2.05, 4.69) is 19.9 Å². The van der Waals surface area contributed by atoms with Crippen molar-refractivity contribution in [3.8, 4) is 10.6 Å². The van der Waals surface area contributed by atoms with Gasteiger partial charge in [-0.05, 0) is 38.2 Å². The van der Waals surface area contributed by atoms with Crippen LogP contribution in [0, 0.1) is 13.8 Å². The molecule has 1 fully saturated rings. The molecule has 1 aliphatic rings. The van der Waals surface area contributed by atoms with Crippen molar-refractivity contribution in [1.29, 1.82) is 0 Å². The Balaban J connectivity index is 1.46. The molecule has 1 saturated heterocycles. The molecule has 8 nitrogen and oxygen atoms in total. The van der Waals surface area contributed by atoms with Gasteiger partial charge in [0.25, 0.3) is 5.91 Å². The molecule has 0 radical (unpaired) electrons. The number of aryl methyl sites for hydroxylation is 2. The van der Waals surface area contributed by atoms with Gasteiger partial charge in [0.2, 0.25) is 5.76 Å². The molecule has 0 atom stereocenters. The number of nitrogens with zero attached hydrogens (tertiary/aromatic N) is 5. The van der Waals surface area contributed by atoms with Gasteiger partial charge in [-0.25, -0.2) is 0 Å². The fourth-order valence-corrected chi connectivity index (χ4v) is 3.78. The van der Waals surface area contributed by atoms with E-state index in [9.17, 15) is 4.79 Å². The lowest BCUT2D eigenvalue weighted by molar-refractivity contribution is 0.0670. The molecule has 1 amide bonds. The van der Waals surface area contributed by atoms with E-state index in [0.29, 0.717) is 30.3 Å². The molecule has 130 valence electrons. The molecular weight excluding hydrogens is 342 g/mol. The monoisotopic (exact) mass is 359 g/mol. The average Bonchev–Trinajstić information content (AvgIpc) is 3.34. The molecule has 0 bridgehead atoms. The predicted molar refractivity (Wildman–Crippen MR) is 89.3 cm³/mol. The van der Waals surface area contributed by atoms with Crippen LogP contribution in [0.3, 0.4) is 0 Å². The fourth-order valence-electron chi connectivity index (χ4n) is 3.08. The Kier molecular flexibility index (Phi) is 4.08. The van der Waals surface area contributed by atoms with Crippen molar-refractivity contribution in [2.45, 2.75) is 32.6 Å². The van der Waals surface area contributed by atoms with Crippen molar-refractivity contribution in [2.75, 3.05) is 13.1 Å². The standard InChI is InChI=1S/C16H17N5O3S/c1-9-7-12(23-18-9)15-14(17-20-25-15)11-3-5-21(6-4-11)16(22)13-8-10(2)19-24-13/h7-8,11H,3-6H2,1-2H3. The summed E-state index contributed by atoms with van der Waals surface area (Å²) >= 11 is 1.32. The third-order valence-corrected chi connectivity index (χ3v) is 5.13. The summed E-state index contributed by atoms with van der Waals surface area (Å²) in [6, 6.07) is 3.56. The molecule has 0 saturated carbocycles. The second kappa shape index (κ2) is 6.40. The highest BCUT2D eigenvalue weighted by atomic mass is 32.1. The third-order valence-electron chi connectivity index (χ3n) is 4.37. The highest BCUT2D eigenvalue weighted by molar-refractivity contribution is 7.09. The van der Waals surface area contributed by atoms with Crippen molar-refractivity contribution < 1.29 is 13.8 Å². The maximum absolute atomic E-state index is 12.4. The quantitative estimate of drug-likeness (QED) is 0.709. The molecule has 4 heterocycles. The number of hydrogen-bond acceptors (Lipinski definition) is 8. The first-order valence-corrected chi connectivity index (χ1v) is 8.87. The fraction of sp³-hybridized carbons (Fsp3) is 0.438. The summed E-state index contributed by atoms with van der Waals surface area (Å²) in [5.41, 5.74) is 2.47. The molecule has 1 aliphatic heterocycles. The smallest absolute Gasteiger partial charge is 0.292 e. The first kappa shape index (κ1) is 15.9. The minimum atomic E-state index is -0.110. The summed E-state index contributed by atoms with van der Waals surface area (Å²) in [6.45, 7) is 4.98. The number of carbonyl (C=O) groups excluding carboxylic acids is 1. The highest BCUT2D eigenvalue weighted by Gasteiger charge is 2.30. The summed E-state index contributed by atoms with van der Waals surface area (Å²) in [6.07, 6.45) is 1.65. The largest absolute Gasteiger partial charge is 0.355 e. The Hall–Kier alpha value is -2.55. The van der Waals surface area contributed by atoms with Crippen LogP contribution in [0.25, 0.3) is 10.6 Å². The van der Waals surface area contributed by atoms with Gasteiger partial charge >= 0.3 is 0 Å². The minimum absolute atomic E-state index is 0.110. The normalized spacial score (nSPS) is 15.7. The summed E-state index contributed by atoms with van der Waals surface area (Å²) < 4.78 is 14.5. The van der Waals surface area contributed by atoms with E-state index >= 15 is 0 Å². The van der Waals surface area contributed by atoms with Crippen LogP contribution in [0.5, 0.6) is 0 Å². The number of carbonyl (C=O) groups is 1. The summed E-state index contributed by atoms with van der Waals surface area (Å²) in [5.74, 6) is 1.14. The zero-order chi connectivity index (χ0) is 17.4. The van der Waals surface area contributed by atoms with Crippen LogP contribution in [-0.4, -0.2) is 43.8 Å². The number of amides is 1. The molecule has 0 N–H and O–H groups in total. The topological polar surface area (TPSA) is 98.2 Å². The minimum Gasteiger partial charge on any atom is -0.355 e. The zero-order valence-electron chi connectivity index (χ0n) is 13.9. The number of rotatable bonds is 3. The number of likely N-dealkylation sites (tertiary alicyclic amines) is 1. The van der Waals surface area contributed by atoms with Crippen molar-refractivity contribution in [2.24, 2.45) is 0 Å². The van der Waals surface area contributed by atoms with Crippen molar-refractivity contribution in [3.05, 3.63) is 35.0 Å². The average molecular weight is 359 g/mol. The van der Waals surface area contributed by atoms with Crippen molar-refractivity contribution in [1.82, 2.24) is 24.8 Å². The molecule has 4 rings (SSSR count). The van der Waals surface area contributed by atoms with Gasteiger partial charge in [-0.1, -0.05) is 14.8 Å². The SMILES string of the molecule is Cc1cc(C(=O)N2CCC(c3nnsc3-c3cc(C)no3)CC2)on1.